The third-order valence-electron chi connectivity index (χ3n) is 3.67. The van der Waals surface area contributed by atoms with Gasteiger partial charge in [0.15, 0.2) is 0 Å². The number of hydrogen-bond acceptors (Lipinski definition) is 2. The van der Waals surface area contributed by atoms with Crippen molar-refractivity contribution in [1.29, 1.82) is 0 Å². The Hall–Kier alpha value is -2.65. The van der Waals surface area contributed by atoms with Gasteiger partial charge < -0.3 is 4.40 Å². The molecule has 0 fully saturated rings. The minimum atomic E-state index is -0.0915. The van der Waals surface area contributed by atoms with E-state index in [2.05, 4.69) is 4.98 Å². The molecule has 22 heavy (non-hydrogen) atoms. The van der Waals surface area contributed by atoms with E-state index in [-0.39, 0.29) is 5.78 Å². The van der Waals surface area contributed by atoms with Gasteiger partial charge in [-0.1, -0.05) is 41.9 Å². The lowest BCUT2D eigenvalue weighted by Gasteiger charge is -2.08. The molecular formula is C18H11ClN2O. The van der Waals surface area contributed by atoms with Gasteiger partial charge in [0.25, 0.3) is 0 Å². The van der Waals surface area contributed by atoms with Crippen LogP contribution < -0.4 is 0 Å². The van der Waals surface area contributed by atoms with Gasteiger partial charge in [0, 0.05) is 16.8 Å². The molecular weight excluding hydrogens is 296 g/mol. The number of halogens is 1. The first kappa shape index (κ1) is 13.0. The second kappa shape index (κ2) is 4.97. The maximum absolute atomic E-state index is 12.8. The second-order valence-electron chi connectivity index (χ2n) is 5.05. The van der Waals surface area contributed by atoms with Crippen molar-refractivity contribution in [2.24, 2.45) is 0 Å². The van der Waals surface area contributed by atoms with E-state index >= 15 is 0 Å². The van der Waals surface area contributed by atoms with Crippen LogP contribution in [-0.2, 0) is 0 Å². The van der Waals surface area contributed by atoms with Crippen molar-refractivity contribution in [3.05, 3.63) is 83.1 Å². The van der Waals surface area contributed by atoms with E-state index in [9.17, 15) is 4.79 Å². The van der Waals surface area contributed by atoms with Gasteiger partial charge in [-0.3, -0.25) is 4.79 Å². The molecule has 0 saturated carbocycles. The molecule has 2 aromatic heterocycles. The molecule has 4 aromatic rings. The van der Waals surface area contributed by atoms with Crippen molar-refractivity contribution >= 4 is 33.9 Å². The molecule has 0 atom stereocenters. The molecule has 0 spiro atoms. The van der Waals surface area contributed by atoms with Gasteiger partial charge in [0.2, 0.25) is 5.78 Å². The average molecular weight is 307 g/mol. The van der Waals surface area contributed by atoms with Crippen LogP contribution in [0, 0.1) is 0 Å². The molecule has 0 aliphatic heterocycles. The highest BCUT2D eigenvalue weighted by Crippen LogP contribution is 2.23. The van der Waals surface area contributed by atoms with Gasteiger partial charge in [0.05, 0.1) is 16.6 Å². The van der Waals surface area contributed by atoms with Crippen molar-refractivity contribution < 1.29 is 4.79 Å². The number of fused-ring (bicyclic) bond motifs is 3. The van der Waals surface area contributed by atoms with Crippen molar-refractivity contribution in [2.45, 2.75) is 0 Å². The number of carbonyl (C=O) groups is 1. The Morgan fingerprint density at radius 3 is 2.59 bits per heavy atom. The predicted molar refractivity (Wildman–Crippen MR) is 87.6 cm³/mol. The molecule has 0 unspecified atom stereocenters. The van der Waals surface area contributed by atoms with Gasteiger partial charge in [-0.15, -0.1) is 0 Å². The standard InChI is InChI=1S/C18H11ClN2O/c19-13-8-9-15-14(11-13)20-17(16-7-4-10-21(15)16)18(22)12-5-2-1-3-6-12/h1-11H. The number of ketones is 1. The molecule has 2 heterocycles. The van der Waals surface area contributed by atoms with Crippen LogP contribution in [0.5, 0.6) is 0 Å². The molecule has 0 saturated heterocycles. The molecule has 0 radical (unpaired) electrons. The lowest BCUT2D eigenvalue weighted by Crippen LogP contribution is -2.07. The van der Waals surface area contributed by atoms with E-state index in [0.29, 0.717) is 21.8 Å². The first-order valence-corrected chi connectivity index (χ1v) is 7.28. The van der Waals surface area contributed by atoms with Gasteiger partial charge in [0.1, 0.15) is 5.69 Å². The molecule has 3 nitrogen and oxygen atoms in total. The number of rotatable bonds is 2. The van der Waals surface area contributed by atoms with Crippen LogP contribution in [0.3, 0.4) is 0 Å². The zero-order chi connectivity index (χ0) is 15.1. The van der Waals surface area contributed by atoms with Crippen molar-refractivity contribution in [2.75, 3.05) is 0 Å². The van der Waals surface area contributed by atoms with Crippen LogP contribution in [0.25, 0.3) is 16.6 Å². The fourth-order valence-corrected chi connectivity index (χ4v) is 2.81. The first-order valence-electron chi connectivity index (χ1n) is 6.90. The highest BCUT2D eigenvalue weighted by Gasteiger charge is 2.16. The van der Waals surface area contributed by atoms with Crippen molar-refractivity contribution in [3.63, 3.8) is 0 Å². The van der Waals surface area contributed by atoms with Crippen LogP contribution in [0.4, 0.5) is 0 Å². The van der Waals surface area contributed by atoms with Crippen molar-refractivity contribution in [3.8, 4) is 0 Å². The largest absolute Gasteiger partial charge is 0.313 e. The van der Waals surface area contributed by atoms with Crippen LogP contribution in [0.2, 0.25) is 5.02 Å². The number of nitrogens with zero attached hydrogens (tertiary/aromatic N) is 2. The molecule has 2 aromatic carbocycles. The summed E-state index contributed by atoms with van der Waals surface area (Å²) in [6, 6.07) is 18.5. The molecule has 106 valence electrons. The molecule has 0 aliphatic rings. The predicted octanol–water partition coefficient (Wildman–Crippen LogP) is 4.37. The number of aromatic nitrogens is 2. The smallest absolute Gasteiger partial charge is 0.213 e. The molecule has 0 aliphatic carbocycles. The quantitative estimate of drug-likeness (QED) is 0.515. The Kier molecular flexibility index (Phi) is 2.94. The number of hydrogen-bond donors (Lipinski definition) is 0. The van der Waals surface area contributed by atoms with Crippen LogP contribution in [0.15, 0.2) is 66.9 Å². The zero-order valence-electron chi connectivity index (χ0n) is 11.5. The fraction of sp³-hybridized carbons (Fsp3) is 0. The summed E-state index contributed by atoms with van der Waals surface area (Å²) in [5.41, 5.74) is 3.48. The maximum Gasteiger partial charge on any atom is 0.213 e. The normalized spacial score (nSPS) is 11.1. The Morgan fingerprint density at radius 2 is 1.77 bits per heavy atom. The molecule has 4 heteroatoms. The molecule has 0 amide bonds. The monoisotopic (exact) mass is 306 g/mol. The summed E-state index contributed by atoms with van der Waals surface area (Å²) < 4.78 is 1.97. The van der Waals surface area contributed by atoms with E-state index in [1.807, 2.05) is 53.1 Å². The van der Waals surface area contributed by atoms with E-state index in [1.165, 1.54) is 0 Å². The van der Waals surface area contributed by atoms with Crippen molar-refractivity contribution in [1.82, 2.24) is 9.38 Å². The zero-order valence-corrected chi connectivity index (χ0v) is 12.3. The Balaban J connectivity index is 2.03. The Bertz CT molecular complexity index is 1010. The number of benzene rings is 2. The molecule has 0 bridgehead atoms. The first-order chi connectivity index (χ1) is 10.7. The average Bonchev–Trinajstić information content (AvgIpc) is 3.03. The van der Waals surface area contributed by atoms with E-state index in [1.54, 1.807) is 18.2 Å². The summed E-state index contributed by atoms with van der Waals surface area (Å²) >= 11 is 6.06. The third-order valence-corrected chi connectivity index (χ3v) is 3.91. The van der Waals surface area contributed by atoms with Crippen LogP contribution in [-0.4, -0.2) is 15.2 Å². The van der Waals surface area contributed by atoms with Gasteiger partial charge in [-0.2, -0.15) is 0 Å². The van der Waals surface area contributed by atoms with E-state index < -0.39 is 0 Å². The fourth-order valence-electron chi connectivity index (χ4n) is 2.64. The molecule has 0 N–H and O–H groups in total. The lowest BCUT2D eigenvalue weighted by molar-refractivity contribution is 0.103. The highest BCUT2D eigenvalue weighted by molar-refractivity contribution is 6.31. The number of carbonyl (C=O) groups excluding carboxylic acids is 1. The minimum Gasteiger partial charge on any atom is -0.313 e. The summed E-state index contributed by atoms with van der Waals surface area (Å²) in [7, 11) is 0. The summed E-state index contributed by atoms with van der Waals surface area (Å²) in [5, 5.41) is 0.601. The lowest BCUT2D eigenvalue weighted by atomic mass is 10.1. The minimum absolute atomic E-state index is 0.0915. The second-order valence-corrected chi connectivity index (χ2v) is 5.49. The van der Waals surface area contributed by atoms with E-state index in [0.717, 1.165) is 11.0 Å². The highest BCUT2D eigenvalue weighted by atomic mass is 35.5. The third kappa shape index (κ3) is 1.98. The summed E-state index contributed by atoms with van der Waals surface area (Å²) in [6.07, 6.45) is 1.93. The Morgan fingerprint density at radius 1 is 0.955 bits per heavy atom. The van der Waals surface area contributed by atoms with Gasteiger partial charge in [-0.25, -0.2) is 4.98 Å². The Labute approximate surface area is 131 Å². The van der Waals surface area contributed by atoms with Gasteiger partial charge in [-0.05, 0) is 30.3 Å². The maximum atomic E-state index is 12.8. The topological polar surface area (TPSA) is 34.4 Å². The molecule has 4 rings (SSSR count). The van der Waals surface area contributed by atoms with Gasteiger partial charge >= 0.3 is 0 Å². The van der Waals surface area contributed by atoms with Crippen LogP contribution in [0.1, 0.15) is 16.1 Å². The summed E-state index contributed by atoms with van der Waals surface area (Å²) in [4.78, 5) is 17.3. The van der Waals surface area contributed by atoms with Crippen LogP contribution >= 0.6 is 11.6 Å². The summed E-state index contributed by atoms with van der Waals surface area (Å²) in [6.45, 7) is 0. The van der Waals surface area contributed by atoms with E-state index in [4.69, 9.17) is 11.6 Å². The SMILES string of the molecule is O=C(c1ccccc1)c1nc2cc(Cl)ccc2n2cccc12. The summed E-state index contributed by atoms with van der Waals surface area (Å²) in [5.74, 6) is -0.0915.